The van der Waals surface area contributed by atoms with Gasteiger partial charge in [-0.3, -0.25) is 4.79 Å². The average molecular weight is 280 g/mol. The van der Waals surface area contributed by atoms with E-state index < -0.39 is 6.29 Å². The van der Waals surface area contributed by atoms with Crippen LogP contribution in [0.1, 0.15) is 11.1 Å². The number of rotatable bonds is 5. The summed E-state index contributed by atoms with van der Waals surface area (Å²) in [7, 11) is 0. The minimum Gasteiger partial charge on any atom is -0.449 e. The molecule has 3 heteroatoms. The SMILES string of the molecule is O=CC1OC(Cc2ccccc2)=C(Cc2ccccc2)O1. The summed E-state index contributed by atoms with van der Waals surface area (Å²) in [6.07, 6.45) is 1.13. The van der Waals surface area contributed by atoms with Crippen molar-refractivity contribution in [3.63, 3.8) is 0 Å². The van der Waals surface area contributed by atoms with Crippen LogP contribution in [0.2, 0.25) is 0 Å². The summed E-state index contributed by atoms with van der Waals surface area (Å²) in [6.45, 7) is 0. The molecule has 2 aromatic carbocycles. The highest BCUT2D eigenvalue weighted by molar-refractivity contribution is 5.55. The van der Waals surface area contributed by atoms with Crippen LogP contribution in [0.25, 0.3) is 0 Å². The van der Waals surface area contributed by atoms with Crippen LogP contribution in [0.15, 0.2) is 72.2 Å². The molecule has 0 radical (unpaired) electrons. The Morgan fingerprint density at radius 1 is 0.762 bits per heavy atom. The highest BCUT2D eigenvalue weighted by atomic mass is 16.7. The van der Waals surface area contributed by atoms with Gasteiger partial charge in [0.15, 0.2) is 0 Å². The molecule has 1 heterocycles. The third kappa shape index (κ3) is 3.31. The van der Waals surface area contributed by atoms with Crippen LogP contribution in [0, 0.1) is 0 Å². The lowest BCUT2D eigenvalue weighted by Crippen LogP contribution is -2.10. The molecular formula is C18H16O3. The monoisotopic (exact) mass is 280 g/mol. The van der Waals surface area contributed by atoms with Crippen LogP contribution in [0.5, 0.6) is 0 Å². The maximum Gasteiger partial charge on any atom is 0.297 e. The van der Waals surface area contributed by atoms with E-state index in [0.29, 0.717) is 19.1 Å². The Morgan fingerprint density at radius 2 is 1.19 bits per heavy atom. The van der Waals surface area contributed by atoms with Crippen molar-refractivity contribution < 1.29 is 14.3 Å². The Hall–Kier alpha value is -2.55. The summed E-state index contributed by atoms with van der Waals surface area (Å²) < 4.78 is 11.2. The highest BCUT2D eigenvalue weighted by Crippen LogP contribution is 2.27. The molecule has 0 unspecified atom stereocenters. The van der Waals surface area contributed by atoms with E-state index in [-0.39, 0.29) is 0 Å². The maximum atomic E-state index is 10.9. The fourth-order valence-corrected chi connectivity index (χ4v) is 2.33. The largest absolute Gasteiger partial charge is 0.449 e. The number of benzene rings is 2. The second kappa shape index (κ2) is 6.27. The summed E-state index contributed by atoms with van der Waals surface area (Å²) in [4.78, 5) is 10.9. The normalized spacial score (nSPS) is 14.7. The summed E-state index contributed by atoms with van der Waals surface area (Å²) >= 11 is 0. The summed E-state index contributed by atoms with van der Waals surface area (Å²) in [5, 5.41) is 0. The van der Waals surface area contributed by atoms with Crippen molar-refractivity contribution in [1.29, 1.82) is 0 Å². The number of ether oxygens (including phenoxy) is 2. The van der Waals surface area contributed by atoms with Crippen LogP contribution in [-0.2, 0) is 27.1 Å². The van der Waals surface area contributed by atoms with Gasteiger partial charge in [0.05, 0.1) is 0 Å². The lowest BCUT2D eigenvalue weighted by atomic mass is 10.1. The molecule has 0 aromatic heterocycles. The molecule has 1 aliphatic rings. The van der Waals surface area contributed by atoms with Gasteiger partial charge < -0.3 is 9.47 Å². The van der Waals surface area contributed by atoms with Crippen molar-refractivity contribution >= 4 is 6.29 Å². The number of hydrogen-bond acceptors (Lipinski definition) is 3. The number of aldehydes is 1. The molecular weight excluding hydrogens is 264 g/mol. The molecule has 0 amide bonds. The molecule has 0 N–H and O–H groups in total. The molecule has 0 aliphatic carbocycles. The van der Waals surface area contributed by atoms with Crippen molar-refractivity contribution in [2.24, 2.45) is 0 Å². The van der Waals surface area contributed by atoms with Gasteiger partial charge in [0.25, 0.3) is 6.29 Å². The van der Waals surface area contributed by atoms with Gasteiger partial charge in [-0.05, 0) is 11.1 Å². The van der Waals surface area contributed by atoms with Crippen molar-refractivity contribution in [3.05, 3.63) is 83.3 Å². The molecule has 2 aromatic rings. The summed E-state index contributed by atoms with van der Waals surface area (Å²) in [6, 6.07) is 20.0. The standard InChI is InChI=1S/C18H16O3/c19-13-18-20-16(11-14-7-3-1-4-8-14)17(21-18)12-15-9-5-2-6-10-15/h1-10,13,18H,11-12H2. The number of hydrogen-bond donors (Lipinski definition) is 0. The Kier molecular flexibility index (Phi) is 4.01. The molecule has 3 rings (SSSR count). The molecule has 21 heavy (non-hydrogen) atoms. The van der Waals surface area contributed by atoms with Crippen molar-refractivity contribution in [2.45, 2.75) is 19.1 Å². The topological polar surface area (TPSA) is 35.5 Å². The first-order valence-electron chi connectivity index (χ1n) is 6.93. The average Bonchev–Trinajstić information content (AvgIpc) is 2.91. The fraction of sp³-hybridized carbons (Fsp3) is 0.167. The lowest BCUT2D eigenvalue weighted by Gasteiger charge is -2.04. The van der Waals surface area contributed by atoms with Gasteiger partial charge in [0.1, 0.15) is 11.5 Å². The predicted octanol–water partition coefficient (Wildman–Crippen LogP) is 3.26. The molecule has 3 nitrogen and oxygen atoms in total. The molecule has 0 spiro atoms. The fourth-order valence-electron chi connectivity index (χ4n) is 2.33. The zero-order valence-electron chi connectivity index (χ0n) is 11.6. The van der Waals surface area contributed by atoms with Crippen LogP contribution < -0.4 is 0 Å². The van der Waals surface area contributed by atoms with E-state index >= 15 is 0 Å². The van der Waals surface area contributed by atoms with Crippen LogP contribution in [-0.4, -0.2) is 12.6 Å². The molecule has 106 valence electrons. The maximum absolute atomic E-state index is 10.9. The third-order valence-electron chi connectivity index (χ3n) is 3.35. The van der Waals surface area contributed by atoms with Gasteiger partial charge in [0.2, 0.25) is 6.29 Å². The molecule has 1 aliphatic heterocycles. The zero-order valence-corrected chi connectivity index (χ0v) is 11.6. The van der Waals surface area contributed by atoms with Gasteiger partial charge in [-0.25, -0.2) is 0 Å². The minimum atomic E-state index is -0.817. The van der Waals surface area contributed by atoms with E-state index in [1.807, 2.05) is 60.7 Å². The van der Waals surface area contributed by atoms with E-state index in [1.165, 1.54) is 0 Å². The van der Waals surface area contributed by atoms with Crippen LogP contribution >= 0.6 is 0 Å². The van der Waals surface area contributed by atoms with Gasteiger partial charge in [-0.2, -0.15) is 0 Å². The second-order valence-corrected chi connectivity index (χ2v) is 4.91. The zero-order chi connectivity index (χ0) is 14.5. The van der Waals surface area contributed by atoms with Crippen molar-refractivity contribution in [1.82, 2.24) is 0 Å². The van der Waals surface area contributed by atoms with E-state index in [2.05, 4.69) is 0 Å². The Morgan fingerprint density at radius 3 is 1.57 bits per heavy atom. The first-order chi connectivity index (χ1) is 10.3. The van der Waals surface area contributed by atoms with Crippen LogP contribution in [0.4, 0.5) is 0 Å². The first kappa shape index (κ1) is 13.4. The smallest absolute Gasteiger partial charge is 0.297 e. The Balaban J connectivity index is 1.81. The quantitative estimate of drug-likeness (QED) is 0.789. The van der Waals surface area contributed by atoms with Crippen molar-refractivity contribution in [3.8, 4) is 0 Å². The predicted molar refractivity (Wildman–Crippen MR) is 79.3 cm³/mol. The van der Waals surface area contributed by atoms with Gasteiger partial charge >= 0.3 is 0 Å². The van der Waals surface area contributed by atoms with Crippen molar-refractivity contribution in [2.75, 3.05) is 0 Å². The highest BCUT2D eigenvalue weighted by Gasteiger charge is 2.26. The first-order valence-corrected chi connectivity index (χ1v) is 6.93. The minimum absolute atomic E-state index is 0.632. The van der Waals surface area contributed by atoms with Gasteiger partial charge in [-0.1, -0.05) is 60.7 Å². The molecule has 0 fully saturated rings. The van der Waals surface area contributed by atoms with Gasteiger partial charge in [0, 0.05) is 12.8 Å². The van der Waals surface area contributed by atoms with Gasteiger partial charge in [-0.15, -0.1) is 0 Å². The molecule has 0 saturated heterocycles. The van der Waals surface area contributed by atoms with Crippen LogP contribution in [0.3, 0.4) is 0 Å². The third-order valence-corrected chi connectivity index (χ3v) is 3.35. The van der Waals surface area contributed by atoms with E-state index in [4.69, 9.17) is 9.47 Å². The number of carbonyl (C=O) groups is 1. The lowest BCUT2D eigenvalue weighted by molar-refractivity contribution is -0.130. The van der Waals surface area contributed by atoms with E-state index in [0.717, 1.165) is 22.6 Å². The van der Waals surface area contributed by atoms with E-state index in [1.54, 1.807) is 0 Å². The Labute approximate surface area is 123 Å². The van der Waals surface area contributed by atoms with E-state index in [9.17, 15) is 4.79 Å². The molecule has 0 saturated carbocycles. The number of allylic oxidation sites excluding steroid dienone is 2. The molecule has 0 atom stereocenters. The molecule has 0 bridgehead atoms. The second-order valence-electron chi connectivity index (χ2n) is 4.91. The summed E-state index contributed by atoms with van der Waals surface area (Å²) in [5.74, 6) is 1.48. The number of carbonyl (C=O) groups excluding carboxylic acids is 1. The Bertz CT molecular complexity index is 579. The summed E-state index contributed by atoms with van der Waals surface area (Å²) in [5.41, 5.74) is 2.27.